The molecule has 128 valence electrons. The predicted octanol–water partition coefficient (Wildman–Crippen LogP) is 2.16. The minimum absolute atomic E-state index is 0.235. The smallest absolute Gasteiger partial charge is 0.289 e. The van der Waals surface area contributed by atoms with Gasteiger partial charge in [0.2, 0.25) is 10.0 Å². The Bertz CT molecular complexity index is 813. The highest BCUT2D eigenvalue weighted by atomic mass is 32.2. The molecule has 9 heteroatoms. The molecule has 0 spiro atoms. The van der Waals surface area contributed by atoms with Gasteiger partial charge < -0.3 is 0 Å². The normalized spacial score (nSPS) is 17.0. The molecule has 0 aliphatic carbocycles. The summed E-state index contributed by atoms with van der Waals surface area (Å²) in [7, 11) is -3.86. The van der Waals surface area contributed by atoms with Gasteiger partial charge in [-0.15, -0.1) is 11.3 Å². The van der Waals surface area contributed by atoms with E-state index in [-0.39, 0.29) is 10.6 Å². The zero-order chi connectivity index (χ0) is 17.2. The van der Waals surface area contributed by atoms with Gasteiger partial charge in [0.1, 0.15) is 0 Å². The third-order valence-corrected chi connectivity index (χ3v) is 6.78. The number of nitrogens with zero attached hydrogens (tertiary/aromatic N) is 3. The van der Waals surface area contributed by atoms with Gasteiger partial charge in [0.05, 0.1) is 4.92 Å². The van der Waals surface area contributed by atoms with Crippen molar-refractivity contribution in [2.75, 3.05) is 26.2 Å². The van der Waals surface area contributed by atoms with E-state index < -0.39 is 14.9 Å². The fraction of sp³-hybridized carbons (Fsp3) is 0.333. The summed E-state index contributed by atoms with van der Waals surface area (Å²) in [6.45, 7) is 2.69. The number of thiophene rings is 1. The number of para-hydroxylation sites is 1. The van der Waals surface area contributed by atoms with E-state index in [0.717, 1.165) is 6.54 Å². The maximum atomic E-state index is 12.7. The minimum atomic E-state index is -3.86. The molecule has 1 aromatic heterocycles. The zero-order valence-corrected chi connectivity index (χ0v) is 14.5. The topological polar surface area (TPSA) is 83.8 Å². The van der Waals surface area contributed by atoms with E-state index in [9.17, 15) is 18.5 Å². The summed E-state index contributed by atoms with van der Waals surface area (Å²) in [6, 6.07) is 9.55. The van der Waals surface area contributed by atoms with Crippen LogP contribution in [-0.2, 0) is 16.6 Å². The second-order valence-corrected chi connectivity index (χ2v) is 8.42. The molecule has 0 saturated carbocycles. The van der Waals surface area contributed by atoms with Crippen molar-refractivity contribution in [3.8, 4) is 0 Å². The maximum absolute atomic E-state index is 12.7. The van der Waals surface area contributed by atoms with Gasteiger partial charge in [-0.25, -0.2) is 8.42 Å². The van der Waals surface area contributed by atoms with Crippen molar-refractivity contribution in [3.05, 3.63) is 56.8 Å². The molecule has 0 bridgehead atoms. The van der Waals surface area contributed by atoms with Gasteiger partial charge in [0.25, 0.3) is 5.69 Å². The van der Waals surface area contributed by atoms with Crippen LogP contribution in [0.1, 0.15) is 4.88 Å². The van der Waals surface area contributed by atoms with Crippen molar-refractivity contribution in [3.63, 3.8) is 0 Å². The quantitative estimate of drug-likeness (QED) is 0.597. The SMILES string of the molecule is O=[N+]([O-])c1ccccc1S(=O)(=O)N1CCN(Cc2cccs2)CC1. The van der Waals surface area contributed by atoms with Crippen LogP contribution in [0.3, 0.4) is 0 Å². The Morgan fingerprint density at radius 3 is 2.42 bits per heavy atom. The average Bonchev–Trinajstić information content (AvgIpc) is 3.08. The van der Waals surface area contributed by atoms with Gasteiger partial charge in [-0.2, -0.15) is 4.31 Å². The summed E-state index contributed by atoms with van der Waals surface area (Å²) in [5, 5.41) is 13.1. The summed E-state index contributed by atoms with van der Waals surface area (Å²) in [5.41, 5.74) is -0.376. The van der Waals surface area contributed by atoms with E-state index in [4.69, 9.17) is 0 Å². The van der Waals surface area contributed by atoms with Crippen LogP contribution in [0, 0.1) is 10.1 Å². The van der Waals surface area contributed by atoms with Gasteiger partial charge in [-0.05, 0) is 17.5 Å². The predicted molar refractivity (Wildman–Crippen MR) is 91.5 cm³/mol. The molecular formula is C15H17N3O4S2. The largest absolute Gasteiger partial charge is 0.296 e. The van der Waals surface area contributed by atoms with Gasteiger partial charge in [0.15, 0.2) is 4.90 Å². The number of benzene rings is 1. The van der Waals surface area contributed by atoms with Crippen LogP contribution in [0.5, 0.6) is 0 Å². The molecule has 0 N–H and O–H groups in total. The highest BCUT2D eigenvalue weighted by molar-refractivity contribution is 7.89. The first-order valence-electron chi connectivity index (χ1n) is 7.47. The molecule has 0 unspecified atom stereocenters. The number of nitro benzene ring substituents is 1. The molecule has 2 aromatic rings. The Kier molecular flexibility index (Phi) is 4.95. The van der Waals surface area contributed by atoms with E-state index in [1.54, 1.807) is 11.3 Å². The Morgan fingerprint density at radius 2 is 1.79 bits per heavy atom. The number of sulfonamides is 1. The van der Waals surface area contributed by atoms with E-state index in [0.29, 0.717) is 26.2 Å². The molecule has 1 aliphatic heterocycles. The summed E-state index contributed by atoms with van der Waals surface area (Å²) in [6.07, 6.45) is 0. The summed E-state index contributed by atoms with van der Waals surface area (Å²) in [5.74, 6) is 0. The minimum Gasteiger partial charge on any atom is -0.296 e. The molecule has 1 aliphatic rings. The van der Waals surface area contributed by atoms with Crippen LogP contribution in [-0.4, -0.2) is 48.7 Å². The number of piperazine rings is 1. The van der Waals surface area contributed by atoms with Gasteiger partial charge in [-0.1, -0.05) is 18.2 Å². The second kappa shape index (κ2) is 6.98. The Hall–Kier alpha value is -1.81. The molecule has 1 saturated heterocycles. The van der Waals surface area contributed by atoms with Crippen molar-refractivity contribution in [2.45, 2.75) is 11.4 Å². The van der Waals surface area contributed by atoms with Crippen LogP contribution in [0.4, 0.5) is 5.69 Å². The van der Waals surface area contributed by atoms with Crippen LogP contribution < -0.4 is 0 Å². The third-order valence-electron chi connectivity index (χ3n) is 3.97. The summed E-state index contributed by atoms with van der Waals surface area (Å²) in [4.78, 5) is 13.6. The van der Waals surface area contributed by atoms with Gasteiger partial charge >= 0.3 is 0 Å². The molecule has 24 heavy (non-hydrogen) atoms. The molecule has 0 atom stereocenters. The summed E-state index contributed by atoms with van der Waals surface area (Å²) < 4.78 is 26.8. The van der Waals surface area contributed by atoms with E-state index in [1.807, 2.05) is 11.4 Å². The lowest BCUT2D eigenvalue weighted by molar-refractivity contribution is -0.387. The first kappa shape index (κ1) is 17.0. The van der Waals surface area contributed by atoms with Crippen LogP contribution in [0.25, 0.3) is 0 Å². The Morgan fingerprint density at radius 1 is 1.08 bits per heavy atom. The van der Waals surface area contributed by atoms with Gasteiger partial charge in [0, 0.05) is 43.7 Å². The molecule has 2 heterocycles. The standard InChI is InChI=1S/C15H17N3O4S2/c19-18(20)14-5-1-2-6-15(14)24(21,22)17-9-7-16(8-10-17)12-13-4-3-11-23-13/h1-6,11H,7-10,12H2. The fourth-order valence-electron chi connectivity index (χ4n) is 2.72. The summed E-state index contributed by atoms with van der Waals surface area (Å²) >= 11 is 1.68. The van der Waals surface area contributed by atoms with Crippen LogP contribution in [0.15, 0.2) is 46.7 Å². The molecule has 1 aromatic carbocycles. The number of hydrogen-bond acceptors (Lipinski definition) is 6. The molecule has 0 amide bonds. The van der Waals surface area contributed by atoms with Crippen LogP contribution in [0.2, 0.25) is 0 Å². The lowest BCUT2D eigenvalue weighted by Gasteiger charge is -2.33. The Balaban J connectivity index is 1.72. The molecule has 0 radical (unpaired) electrons. The average molecular weight is 367 g/mol. The van der Waals surface area contributed by atoms with E-state index in [2.05, 4.69) is 11.0 Å². The molecule has 7 nitrogen and oxygen atoms in total. The fourth-order valence-corrected chi connectivity index (χ4v) is 5.04. The van der Waals surface area contributed by atoms with Crippen LogP contribution >= 0.6 is 11.3 Å². The lowest BCUT2D eigenvalue weighted by atomic mass is 10.3. The molecular weight excluding hydrogens is 350 g/mol. The highest BCUT2D eigenvalue weighted by Gasteiger charge is 2.33. The highest BCUT2D eigenvalue weighted by Crippen LogP contribution is 2.27. The zero-order valence-electron chi connectivity index (χ0n) is 12.9. The third kappa shape index (κ3) is 3.48. The first-order valence-corrected chi connectivity index (χ1v) is 9.79. The van der Waals surface area contributed by atoms with Crippen molar-refractivity contribution >= 4 is 27.0 Å². The first-order chi connectivity index (χ1) is 11.5. The molecule has 1 fully saturated rings. The number of rotatable bonds is 5. The van der Waals surface area contributed by atoms with Gasteiger partial charge in [-0.3, -0.25) is 15.0 Å². The van der Waals surface area contributed by atoms with Crippen molar-refractivity contribution < 1.29 is 13.3 Å². The molecule has 3 rings (SSSR count). The maximum Gasteiger partial charge on any atom is 0.289 e. The number of nitro groups is 1. The van der Waals surface area contributed by atoms with E-state index in [1.165, 1.54) is 33.4 Å². The monoisotopic (exact) mass is 367 g/mol. The lowest BCUT2D eigenvalue weighted by Crippen LogP contribution is -2.48. The van der Waals surface area contributed by atoms with Crippen molar-refractivity contribution in [1.29, 1.82) is 0 Å². The second-order valence-electron chi connectivity index (χ2n) is 5.48. The van der Waals surface area contributed by atoms with E-state index >= 15 is 0 Å². The number of hydrogen-bond donors (Lipinski definition) is 0. The Labute approximate surface area is 144 Å². The van der Waals surface area contributed by atoms with Crippen molar-refractivity contribution in [2.24, 2.45) is 0 Å². The van der Waals surface area contributed by atoms with Crippen molar-refractivity contribution in [1.82, 2.24) is 9.21 Å².